The van der Waals surface area contributed by atoms with Crippen molar-refractivity contribution >= 4 is 11.0 Å². The van der Waals surface area contributed by atoms with Crippen LogP contribution in [0.15, 0.2) is 22.6 Å². The van der Waals surface area contributed by atoms with Gasteiger partial charge in [0.1, 0.15) is 11.3 Å². The van der Waals surface area contributed by atoms with E-state index in [1.54, 1.807) is 0 Å². The van der Waals surface area contributed by atoms with E-state index in [1.807, 2.05) is 0 Å². The Bertz CT molecular complexity index is 539. The summed E-state index contributed by atoms with van der Waals surface area (Å²) in [5.41, 5.74) is 3.64. The molecule has 0 saturated heterocycles. The SMILES string of the molecule is CCNC(C)c1cc2c(C)ccc(C(C)C)c2o1. The van der Waals surface area contributed by atoms with Gasteiger partial charge in [-0.3, -0.25) is 0 Å². The third-order valence-corrected chi connectivity index (χ3v) is 3.51. The third-order valence-electron chi connectivity index (χ3n) is 3.51. The molecular weight excluding hydrogens is 222 g/mol. The summed E-state index contributed by atoms with van der Waals surface area (Å²) in [6, 6.07) is 6.83. The van der Waals surface area contributed by atoms with Gasteiger partial charge in [-0.1, -0.05) is 32.9 Å². The first-order valence-corrected chi connectivity index (χ1v) is 6.81. The van der Waals surface area contributed by atoms with Crippen LogP contribution in [0, 0.1) is 6.92 Å². The van der Waals surface area contributed by atoms with Gasteiger partial charge in [-0.15, -0.1) is 0 Å². The molecule has 98 valence electrons. The summed E-state index contributed by atoms with van der Waals surface area (Å²) in [6.45, 7) is 11.8. The van der Waals surface area contributed by atoms with Crippen molar-refractivity contribution in [2.75, 3.05) is 6.54 Å². The zero-order valence-corrected chi connectivity index (χ0v) is 12.0. The fraction of sp³-hybridized carbons (Fsp3) is 0.500. The molecule has 0 radical (unpaired) electrons. The van der Waals surface area contributed by atoms with Gasteiger partial charge in [-0.25, -0.2) is 0 Å². The lowest BCUT2D eigenvalue weighted by Gasteiger charge is -2.09. The highest BCUT2D eigenvalue weighted by molar-refractivity contribution is 5.85. The van der Waals surface area contributed by atoms with Gasteiger partial charge in [0.2, 0.25) is 0 Å². The van der Waals surface area contributed by atoms with E-state index < -0.39 is 0 Å². The Hall–Kier alpha value is -1.28. The number of fused-ring (bicyclic) bond motifs is 1. The van der Waals surface area contributed by atoms with E-state index in [1.165, 1.54) is 16.5 Å². The molecule has 2 heteroatoms. The fourth-order valence-corrected chi connectivity index (χ4v) is 2.37. The van der Waals surface area contributed by atoms with Gasteiger partial charge in [-0.05, 0) is 43.5 Å². The van der Waals surface area contributed by atoms with Crippen LogP contribution in [0.5, 0.6) is 0 Å². The van der Waals surface area contributed by atoms with E-state index >= 15 is 0 Å². The van der Waals surface area contributed by atoms with Gasteiger partial charge in [0.25, 0.3) is 0 Å². The van der Waals surface area contributed by atoms with Crippen LogP contribution >= 0.6 is 0 Å². The zero-order valence-electron chi connectivity index (χ0n) is 12.0. The van der Waals surface area contributed by atoms with Crippen molar-refractivity contribution in [3.8, 4) is 0 Å². The van der Waals surface area contributed by atoms with Crippen molar-refractivity contribution in [1.82, 2.24) is 5.32 Å². The van der Waals surface area contributed by atoms with Crippen LogP contribution in [-0.4, -0.2) is 6.54 Å². The first kappa shape index (κ1) is 13.2. The standard InChI is InChI=1S/C16H23NO/c1-6-17-12(5)15-9-14-11(4)7-8-13(10(2)3)16(14)18-15/h7-10,12,17H,6H2,1-5H3. The van der Waals surface area contributed by atoms with Crippen LogP contribution in [0.25, 0.3) is 11.0 Å². The molecule has 1 N–H and O–H groups in total. The van der Waals surface area contributed by atoms with E-state index in [4.69, 9.17) is 4.42 Å². The van der Waals surface area contributed by atoms with Gasteiger partial charge in [0.15, 0.2) is 0 Å². The molecule has 1 aromatic carbocycles. The summed E-state index contributed by atoms with van der Waals surface area (Å²) in [4.78, 5) is 0. The molecule has 1 atom stereocenters. The van der Waals surface area contributed by atoms with E-state index in [0.717, 1.165) is 17.9 Å². The van der Waals surface area contributed by atoms with E-state index in [9.17, 15) is 0 Å². The van der Waals surface area contributed by atoms with Crippen molar-refractivity contribution in [3.05, 3.63) is 35.1 Å². The number of aryl methyl sites for hydroxylation is 1. The van der Waals surface area contributed by atoms with Crippen LogP contribution in [0.1, 0.15) is 56.5 Å². The number of hydrogen-bond acceptors (Lipinski definition) is 2. The lowest BCUT2D eigenvalue weighted by molar-refractivity contribution is 0.457. The molecule has 0 saturated carbocycles. The van der Waals surface area contributed by atoms with Crippen LogP contribution < -0.4 is 5.32 Å². The van der Waals surface area contributed by atoms with Gasteiger partial charge in [0, 0.05) is 5.39 Å². The van der Waals surface area contributed by atoms with Gasteiger partial charge < -0.3 is 9.73 Å². The van der Waals surface area contributed by atoms with Gasteiger partial charge >= 0.3 is 0 Å². The molecule has 0 fully saturated rings. The molecule has 0 aliphatic heterocycles. The van der Waals surface area contributed by atoms with Crippen LogP contribution in [0.3, 0.4) is 0 Å². The normalized spacial score (nSPS) is 13.4. The first-order chi connectivity index (χ1) is 8.54. The lowest BCUT2D eigenvalue weighted by Crippen LogP contribution is -2.16. The Morgan fingerprint density at radius 3 is 2.56 bits per heavy atom. The highest BCUT2D eigenvalue weighted by Gasteiger charge is 2.15. The molecule has 0 aliphatic carbocycles. The van der Waals surface area contributed by atoms with Crippen molar-refractivity contribution in [2.24, 2.45) is 0 Å². The second kappa shape index (κ2) is 5.15. The maximum atomic E-state index is 6.09. The maximum absolute atomic E-state index is 6.09. The van der Waals surface area contributed by atoms with E-state index in [-0.39, 0.29) is 6.04 Å². The van der Waals surface area contributed by atoms with Crippen LogP contribution in [0.4, 0.5) is 0 Å². The summed E-state index contributed by atoms with van der Waals surface area (Å²) < 4.78 is 6.09. The number of benzene rings is 1. The van der Waals surface area contributed by atoms with E-state index in [0.29, 0.717) is 5.92 Å². The maximum Gasteiger partial charge on any atom is 0.138 e. The van der Waals surface area contributed by atoms with Crippen molar-refractivity contribution < 1.29 is 4.42 Å². The number of nitrogens with one attached hydrogen (secondary N) is 1. The average molecular weight is 245 g/mol. The summed E-state index contributed by atoms with van der Waals surface area (Å²) in [5.74, 6) is 1.52. The molecule has 2 nitrogen and oxygen atoms in total. The molecule has 1 aromatic heterocycles. The molecule has 0 bridgehead atoms. The minimum absolute atomic E-state index is 0.266. The third kappa shape index (κ3) is 2.30. The van der Waals surface area contributed by atoms with Crippen molar-refractivity contribution in [3.63, 3.8) is 0 Å². The second-order valence-electron chi connectivity index (χ2n) is 5.30. The minimum atomic E-state index is 0.266. The summed E-state index contributed by atoms with van der Waals surface area (Å²) in [7, 11) is 0. The Kier molecular flexibility index (Phi) is 3.76. The first-order valence-electron chi connectivity index (χ1n) is 6.81. The van der Waals surface area contributed by atoms with Gasteiger partial charge in [0.05, 0.1) is 6.04 Å². The van der Waals surface area contributed by atoms with Crippen molar-refractivity contribution in [2.45, 2.75) is 46.6 Å². The molecule has 2 aromatic rings. The Morgan fingerprint density at radius 1 is 1.22 bits per heavy atom. The number of rotatable bonds is 4. The highest BCUT2D eigenvalue weighted by Crippen LogP contribution is 2.32. The molecule has 1 heterocycles. The molecular formula is C16H23NO. The largest absolute Gasteiger partial charge is 0.459 e. The minimum Gasteiger partial charge on any atom is -0.459 e. The monoisotopic (exact) mass is 245 g/mol. The molecule has 0 amide bonds. The Morgan fingerprint density at radius 2 is 1.94 bits per heavy atom. The predicted octanol–water partition coefficient (Wildman–Crippen LogP) is 4.54. The Labute approximate surface area is 109 Å². The summed E-state index contributed by atoms with van der Waals surface area (Å²) >= 11 is 0. The van der Waals surface area contributed by atoms with Gasteiger partial charge in [-0.2, -0.15) is 0 Å². The topological polar surface area (TPSA) is 25.2 Å². The highest BCUT2D eigenvalue weighted by atomic mass is 16.3. The fourth-order valence-electron chi connectivity index (χ4n) is 2.37. The van der Waals surface area contributed by atoms with E-state index in [2.05, 4.69) is 58.1 Å². The lowest BCUT2D eigenvalue weighted by atomic mass is 9.99. The summed E-state index contributed by atoms with van der Waals surface area (Å²) in [6.07, 6.45) is 0. The second-order valence-corrected chi connectivity index (χ2v) is 5.30. The van der Waals surface area contributed by atoms with Crippen LogP contribution in [0.2, 0.25) is 0 Å². The molecule has 2 rings (SSSR count). The average Bonchev–Trinajstić information content (AvgIpc) is 2.75. The molecule has 0 aliphatic rings. The molecule has 18 heavy (non-hydrogen) atoms. The Balaban J connectivity index is 2.55. The summed E-state index contributed by atoms with van der Waals surface area (Å²) in [5, 5.41) is 4.65. The smallest absolute Gasteiger partial charge is 0.138 e. The number of hydrogen-bond donors (Lipinski definition) is 1. The number of furan rings is 1. The predicted molar refractivity (Wildman–Crippen MR) is 77.1 cm³/mol. The van der Waals surface area contributed by atoms with Crippen molar-refractivity contribution in [1.29, 1.82) is 0 Å². The molecule has 0 spiro atoms. The zero-order chi connectivity index (χ0) is 13.3. The van der Waals surface area contributed by atoms with Crippen LogP contribution in [-0.2, 0) is 0 Å². The quantitative estimate of drug-likeness (QED) is 0.855. The molecule has 1 unspecified atom stereocenters.